The van der Waals surface area contributed by atoms with Crippen LogP contribution in [-0.4, -0.2) is 48.8 Å². The van der Waals surface area contributed by atoms with E-state index in [1.807, 2.05) is 6.92 Å². The van der Waals surface area contributed by atoms with Gasteiger partial charge in [-0.05, 0) is 34.1 Å². The molecule has 0 radical (unpaired) electrons. The summed E-state index contributed by atoms with van der Waals surface area (Å²) >= 11 is 0. The minimum atomic E-state index is -0.935. The summed E-state index contributed by atoms with van der Waals surface area (Å²) in [6.45, 7) is 21.3. The van der Waals surface area contributed by atoms with Crippen LogP contribution in [0.5, 0.6) is 0 Å². The third kappa shape index (κ3) is 12.3. The van der Waals surface area contributed by atoms with E-state index in [-0.39, 0.29) is 42.1 Å². The van der Waals surface area contributed by atoms with Crippen LogP contribution in [0, 0.1) is 5.41 Å². The van der Waals surface area contributed by atoms with E-state index in [0.717, 1.165) is 0 Å². The van der Waals surface area contributed by atoms with E-state index in [1.165, 1.54) is 27.7 Å². The number of aliphatic carboxylic acids is 1. The highest BCUT2D eigenvalue weighted by atomic mass is 16.6. The van der Waals surface area contributed by atoms with Crippen LogP contribution < -0.4 is 0 Å². The van der Waals surface area contributed by atoms with E-state index in [0.29, 0.717) is 6.42 Å². The second kappa shape index (κ2) is 13.9. The number of esters is 3. The minimum absolute atomic E-state index is 0.0812. The first-order chi connectivity index (χ1) is 13.7. The number of carboxylic acid groups (broad SMARTS) is 1. The Balaban J connectivity index is 0. The Morgan fingerprint density at radius 2 is 0.900 bits per heavy atom. The summed E-state index contributed by atoms with van der Waals surface area (Å²) in [5, 5.41) is 7.89. The van der Waals surface area contributed by atoms with E-state index in [2.05, 4.69) is 26.3 Å². The largest absolute Gasteiger partial charge is 0.478 e. The van der Waals surface area contributed by atoms with Gasteiger partial charge < -0.3 is 19.3 Å². The molecule has 168 valence electrons. The standard InChI is InChI=1S/C18H26O6.C4H6O2/c1-8-18(9-22-15(19)12(2)3,10-23-16(20)13(4)5)11-24-17(21)14(6)7;1-3(2)4(5)6/h2,4,6,8-11H2,1,3,5,7H3;1H2,2H3,(H,5,6). The zero-order chi connectivity index (χ0) is 24.1. The van der Waals surface area contributed by atoms with Crippen molar-refractivity contribution in [2.75, 3.05) is 19.8 Å². The van der Waals surface area contributed by atoms with Crippen LogP contribution >= 0.6 is 0 Å². The monoisotopic (exact) mass is 424 g/mol. The maximum atomic E-state index is 11.6. The third-order valence-corrected chi connectivity index (χ3v) is 3.69. The lowest BCUT2D eigenvalue weighted by atomic mass is 9.88. The number of carbonyl (C=O) groups excluding carboxylic acids is 3. The summed E-state index contributed by atoms with van der Waals surface area (Å²) < 4.78 is 15.5. The minimum Gasteiger partial charge on any atom is -0.478 e. The zero-order valence-corrected chi connectivity index (χ0v) is 18.5. The molecule has 0 aliphatic heterocycles. The van der Waals surface area contributed by atoms with E-state index < -0.39 is 29.3 Å². The Hall–Kier alpha value is -3.16. The summed E-state index contributed by atoms with van der Waals surface area (Å²) in [5.41, 5.74) is 0.0602. The smallest absolute Gasteiger partial charge is 0.333 e. The van der Waals surface area contributed by atoms with Crippen molar-refractivity contribution in [2.45, 2.75) is 41.0 Å². The van der Waals surface area contributed by atoms with Crippen molar-refractivity contribution in [2.24, 2.45) is 5.41 Å². The molecular weight excluding hydrogens is 392 g/mol. The van der Waals surface area contributed by atoms with Crippen molar-refractivity contribution in [3.63, 3.8) is 0 Å². The maximum Gasteiger partial charge on any atom is 0.333 e. The SMILES string of the molecule is C=C(C)C(=O)O.C=C(C)C(=O)OCC(CC)(COC(=O)C(=C)C)COC(=O)C(=C)C. The van der Waals surface area contributed by atoms with E-state index >= 15 is 0 Å². The summed E-state index contributed by atoms with van der Waals surface area (Å²) in [6, 6.07) is 0. The molecule has 0 amide bonds. The Morgan fingerprint density at radius 1 is 0.667 bits per heavy atom. The highest BCUT2D eigenvalue weighted by molar-refractivity contribution is 5.88. The average Bonchev–Trinajstić information content (AvgIpc) is 2.66. The van der Waals surface area contributed by atoms with Crippen LogP contribution in [0.25, 0.3) is 0 Å². The van der Waals surface area contributed by atoms with Crippen molar-refractivity contribution in [3.8, 4) is 0 Å². The lowest BCUT2D eigenvalue weighted by molar-refractivity contribution is -0.157. The molecule has 0 aromatic heterocycles. The average molecular weight is 424 g/mol. The van der Waals surface area contributed by atoms with Crippen molar-refractivity contribution in [1.82, 2.24) is 0 Å². The van der Waals surface area contributed by atoms with Crippen molar-refractivity contribution < 1.29 is 38.5 Å². The quantitative estimate of drug-likeness (QED) is 0.305. The number of carbonyl (C=O) groups is 4. The fraction of sp³-hybridized carbons (Fsp3) is 0.455. The summed E-state index contributed by atoms with van der Waals surface area (Å²) in [7, 11) is 0. The molecule has 8 nitrogen and oxygen atoms in total. The number of hydrogen-bond donors (Lipinski definition) is 1. The first-order valence-electron chi connectivity index (χ1n) is 9.05. The van der Waals surface area contributed by atoms with Crippen molar-refractivity contribution in [1.29, 1.82) is 0 Å². The van der Waals surface area contributed by atoms with Gasteiger partial charge in [-0.2, -0.15) is 0 Å². The number of ether oxygens (including phenoxy) is 3. The molecule has 0 aliphatic rings. The molecule has 0 spiro atoms. The molecule has 0 unspecified atom stereocenters. The second-order valence-electron chi connectivity index (χ2n) is 7.01. The first-order valence-corrected chi connectivity index (χ1v) is 9.05. The van der Waals surface area contributed by atoms with Gasteiger partial charge in [0.05, 0.1) is 5.41 Å². The van der Waals surface area contributed by atoms with Gasteiger partial charge in [0.2, 0.25) is 0 Å². The molecule has 0 rings (SSSR count). The normalized spacial score (nSPS) is 9.90. The first kappa shape index (κ1) is 29.0. The Kier molecular flexibility index (Phi) is 13.5. The van der Waals surface area contributed by atoms with Gasteiger partial charge in [0.1, 0.15) is 19.8 Å². The van der Waals surface area contributed by atoms with E-state index in [4.69, 9.17) is 19.3 Å². The highest BCUT2D eigenvalue weighted by Gasteiger charge is 2.34. The highest BCUT2D eigenvalue weighted by Crippen LogP contribution is 2.25. The predicted octanol–water partition coefficient (Wildman–Crippen LogP) is 3.39. The fourth-order valence-electron chi connectivity index (χ4n) is 1.46. The number of hydrogen-bond acceptors (Lipinski definition) is 7. The van der Waals surface area contributed by atoms with Crippen molar-refractivity contribution >= 4 is 23.9 Å². The lowest BCUT2D eigenvalue weighted by Crippen LogP contribution is -2.39. The molecule has 8 heteroatoms. The summed E-state index contributed by atoms with van der Waals surface area (Å²) in [6.07, 6.45) is 0.448. The molecule has 1 N–H and O–H groups in total. The van der Waals surface area contributed by atoms with E-state index in [9.17, 15) is 19.2 Å². The molecule has 0 fully saturated rings. The van der Waals surface area contributed by atoms with Crippen LogP contribution in [0.4, 0.5) is 0 Å². The molecule has 0 heterocycles. The van der Waals surface area contributed by atoms with Crippen LogP contribution in [0.2, 0.25) is 0 Å². The topological polar surface area (TPSA) is 116 Å². The molecule has 30 heavy (non-hydrogen) atoms. The van der Waals surface area contributed by atoms with Crippen LogP contribution in [-0.2, 0) is 33.4 Å². The molecule has 0 saturated carbocycles. The number of carboxylic acids is 1. The van der Waals surface area contributed by atoms with Crippen LogP contribution in [0.3, 0.4) is 0 Å². The maximum absolute atomic E-state index is 11.6. The molecule has 0 aromatic rings. The van der Waals surface area contributed by atoms with Gasteiger partial charge in [-0.1, -0.05) is 33.2 Å². The van der Waals surface area contributed by atoms with Gasteiger partial charge in [-0.25, -0.2) is 19.2 Å². The molecular formula is C22H32O8. The van der Waals surface area contributed by atoms with Gasteiger partial charge in [0, 0.05) is 22.3 Å². The lowest BCUT2D eigenvalue weighted by Gasteiger charge is -2.31. The molecule has 0 atom stereocenters. The summed E-state index contributed by atoms with van der Waals surface area (Å²) in [4.78, 5) is 44.5. The molecule has 0 saturated heterocycles. The van der Waals surface area contributed by atoms with Crippen LogP contribution in [0.1, 0.15) is 41.0 Å². The Morgan fingerprint density at radius 3 is 1.03 bits per heavy atom. The van der Waals surface area contributed by atoms with Gasteiger partial charge in [0.15, 0.2) is 0 Å². The van der Waals surface area contributed by atoms with Crippen LogP contribution in [0.15, 0.2) is 48.6 Å². The Bertz CT molecular complexity index is 629. The van der Waals surface area contributed by atoms with Gasteiger partial charge in [-0.3, -0.25) is 0 Å². The molecule has 0 aromatic carbocycles. The zero-order valence-electron chi connectivity index (χ0n) is 18.5. The molecule has 0 aliphatic carbocycles. The van der Waals surface area contributed by atoms with E-state index in [1.54, 1.807) is 0 Å². The molecule has 0 bridgehead atoms. The van der Waals surface area contributed by atoms with Gasteiger partial charge >= 0.3 is 23.9 Å². The third-order valence-electron chi connectivity index (χ3n) is 3.69. The summed E-state index contributed by atoms with van der Waals surface area (Å²) in [5.74, 6) is -2.63. The Labute approximate surface area is 177 Å². The van der Waals surface area contributed by atoms with Gasteiger partial charge in [0.25, 0.3) is 0 Å². The predicted molar refractivity (Wildman–Crippen MR) is 112 cm³/mol. The van der Waals surface area contributed by atoms with Gasteiger partial charge in [-0.15, -0.1) is 0 Å². The number of rotatable bonds is 11. The van der Waals surface area contributed by atoms with Crippen molar-refractivity contribution in [3.05, 3.63) is 48.6 Å². The second-order valence-corrected chi connectivity index (χ2v) is 7.01. The fourth-order valence-corrected chi connectivity index (χ4v) is 1.46.